The Morgan fingerprint density at radius 2 is 1.44 bits per heavy atom. The largest absolute Gasteiger partial charge is 0.482 e. The summed E-state index contributed by atoms with van der Waals surface area (Å²) in [5.41, 5.74) is -3.25. The molecule has 144 valence electrons. The summed E-state index contributed by atoms with van der Waals surface area (Å²) in [7, 11) is 0. The quantitative estimate of drug-likeness (QED) is 0.424. The van der Waals surface area contributed by atoms with Gasteiger partial charge < -0.3 is 9.64 Å². The first-order valence-corrected chi connectivity index (χ1v) is 7.25. The lowest BCUT2D eigenvalue weighted by molar-refractivity contribution is -0.192. The Labute approximate surface area is 145 Å². The molecule has 3 rings (SSSR count). The van der Waals surface area contributed by atoms with Crippen LogP contribution in [0.4, 0.5) is 40.8 Å². The van der Waals surface area contributed by atoms with Gasteiger partial charge in [-0.3, -0.25) is 4.79 Å². The molecule has 1 aliphatic heterocycles. The number of benzene rings is 2. The number of ether oxygens (including phenoxy) is 1. The molecule has 1 amide bonds. The first-order valence-electron chi connectivity index (χ1n) is 7.25. The van der Waals surface area contributed by atoms with Crippen LogP contribution in [0.25, 0.3) is 11.1 Å². The predicted octanol–water partition coefficient (Wildman–Crippen LogP) is 4.53. The molecule has 1 aliphatic rings. The monoisotopic (exact) mass is 397 g/mol. The van der Waals surface area contributed by atoms with Crippen molar-refractivity contribution >= 4 is 11.6 Å². The van der Waals surface area contributed by atoms with Crippen LogP contribution in [0.1, 0.15) is 6.92 Å². The van der Waals surface area contributed by atoms with Crippen molar-refractivity contribution in [1.82, 2.24) is 0 Å². The lowest BCUT2D eigenvalue weighted by Crippen LogP contribution is -2.50. The van der Waals surface area contributed by atoms with Crippen molar-refractivity contribution in [1.29, 1.82) is 0 Å². The van der Waals surface area contributed by atoms with Crippen molar-refractivity contribution in [2.75, 3.05) is 11.4 Å². The Bertz CT molecular complexity index is 947. The van der Waals surface area contributed by atoms with Crippen LogP contribution in [0.15, 0.2) is 12.1 Å². The van der Waals surface area contributed by atoms with E-state index in [1.807, 2.05) is 0 Å². The molecule has 0 saturated carbocycles. The molecule has 0 aromatic heterocycles. The summed E-state index contributed by atoms with van der Waals surface area (Å²) in [5, 5.41) is 0. The van der Waals surface area contributed by atoms with Crippen LogP contribution in [0.2, 0.25) is 0 Å². The summed E-state index contributed by atoms with van der Waals surface area (Å²) in [6.07, 6.45) is -4.32. The summed E-state index contributed by atoms with van der Waals surface area (Å²) in [6, 6.07) is 0.769. The second-order valence-corrected chi connectivity index (χ2v) is 5.41. The Morgan fingerprint density at radius 3 is 1.96 bits per heavy atom. The Kier molecular flexibility index (Phi) is 4.28. The van der Waals surface area contributed by atoms with E-state index in [1.54, 1.807) is 0 Å². The SMILES string of the molecule is CCN1C(=O)C(F)(F)Oc2cc(F)c(-c3c(F)c(F)c(F)c(F)c3F)cc21. The molecule has 0 aliphatic carbocycles. The second-order valence-electron chi connectivity index (χ2n) is 5.41. The highest BCUT2D eigenvalue weighted by atomic mass is 19.3. The predicted molar refractivity (Wildman–Crippen MR) is 75.2 cm³/mol. The highest BCUT2D eigenvalue weighted by molar-refractivity contribution is 6.01. The zero-order valence-electron chi connectivity index (χ0n) is 13.1. The first-order chi connectivity index (χ1) is 12.5. The Hall–Kier alpha value is -2.85. The first kappa shape index (κ1) is 18.9. The van der Waals surface area contributed by atoms with Gasteiger partial charge in [-0.2, -0.15) is 8.78 Å². The minimum Gasteiger partial charge on any atom is -0.423 e. The van der Waals surface area contributed by atoms with Gasteiger partial charge in [-0.05, 0) is 13.0 Å². The van der Waals surface area contributed by atoms with Gasteiger partial charge in [0.2, 0.25) is 5.82 Å². The van der Waals surface area contributed by atoms with Gasteiger partial charge in [-0.25, -0.2) is 26.3 Å². The zero-order chi connectivity index (χ0) is 20.3. The van der Waals surface area contributed by atoms with Gasteiger partial charge in [0.1, 0.15) is 5.82 Å². The Balaban J connectivity index is 2.31. The normalized spacial score (nSPS) is 15.6. The van der Waals surface area contributed by atoms with Crippen molar-refractivity contribution < 1.29 is 44.7 Å². The van der Waals surface area contributed by atoms with Crippen LogP contribution in [0.5, 0.6) is 5.75 Å². The van der Waals surface area contributed by atoms with E-state index in [-0.39, 0.29) is 12.6 Å². The molecule has 11 heteroatoms. The van der Waals surface area contributed by atoms with E-state index in [9.17, 15) is 39.9 Å². The fourth-order valence-corrected chi connectivity index (χ4v) is 2.63. The number of likely N-dealkylation sites (N-methyl/N-ethyl adjacent to an activating group) is 1. The highest BCUT2D eigenvalue weighted by Crippen LogP contribution is 2.44. The zero-order valence-corrected chi connectivity index (χ0v) is 13.1. The van der Waals surface area contributed by atoms with Crippen molar-refractivity contribution in [3.8, 4) is 16.9 Å². The molecule has 0 atom stereocenters. The number of nitrogens with zero attached hydrogens (tertiary/aromatic N) is 1. The summed E-state index contributed by atoms with van der Waals surface area (Å²) < 4.78 is 113. The minimum absolute atomic E-state index is 0.270. The lowest BCUT2D eigenvalue weighted by Gasteiger charge is -2.33. The van der Waals surface area contributed by atoms with Crippen LogP contribution in [-0.2, 0) is 4.79 Å². The van der Waals surface area contributed by atoms with Gasteiger partial charge in [0.25, 0.3) is 0 Å². The maximum absolute atomic E-state index is 14.3. The van der Waals surface area contributed by atoms with Crippen LogP contribution in [-0.4, -0.2) is 18.6 Å². The number of carbonyl (C=O) groups excluding carboxylic acids is 1. The van der Waals surface area contributed by atoms with E-state index < -0.39 is 69.5 Å². The molecule has 3 nitrogen and oxygen atoms in total. The number of amides is 1. The number of halogens is 8. The number of anilines is 1. The van der Waals surface area contributed by atoms with E-state index in [0.29, 0.717) is 11.0 Å². The average Bonchev–Trinajstić information content (AvgIpc) is 2.60. The van der Waals surface area contributed by atoms with Crippen LogP contribution in [0, 0.1) is 34.9 Å². The van der Waals surface area contributed by atoms with Gasteiger partial charge >= 0.3 is 12.0 Å². The molecule has 0 spiro atoms. The molecule has 1 heterocycles. The molecule has 0 radical (unpaired) electrons. The van der Waals surface area contributed by atoms with Crippen molar-refractivity contribution in [2.45, 2.75) is 13.0 Å². The number of fused-ring (bicyclic) bond motifs is 1. The Morgan fingerprint density at radius 1 is 0.926 bits per heavy atom. The van der Waals surface area contributed by atoms with Gasteiger partial charge in [-0.1, -0.05) is 0 Å². The maximum Gasteiger partial charge on any atom is 0.482 e. The van der Waals surface area contributed by atoms with E-state index in [2.05, 4.69) is 4.74 Å². The molecular weight excluding hydrogens is 390 g/mol. The van der Waals surface area contributed by atoms with Gasteiger partial charge in [0.15, 0.2) is 29.0 Å². The third-order valence-electron chi connectivity index (χ3n) is 3.87. The topological polar surface area (TPSA) is 29.5 Å². The van der Waals surface area contributed by atoms with Gasteiger partial charge in [0, 0.05) is 18.2 Å². The molecule has 2 aromatic carbocycles. The lowest BCUT2D eigenvalue weighted by atomic mass is 10.0. The molecule has 2 aromatic rings. The number of hydrogen-bond acceptors (Lipinski definition) is 2. The average molecular weight is 397 g/mol. The molecular formula is C16H7F8NO2. The van der Waals surface area contributed by atoms with Crippen LogP contribution < -0.4 is 9.64 Å². The van der Waals surface area contributed by atoms with Crippen LogP contribution in [0.3, 0.4) is 0 Å². The fourth-order valence-electron chi connectivity index (χ4n) is 2.63. The highest BCUT2D eigenvalue weighted by Gasteiger charge is 2.50. The third-order valence-corrected chi connectivity index (χ3v) is 3.87. The van der Waals surface area contributed by atoms with Gasteiger partial charge in [-0.15, -0.1) is 0 Å². The van der Waals surface area contributed by atoms with Crippen molar-refractivity contribution in [3.05, 3.63) is 47.0 Å². The van der Waals surface area contributed by atoms with Gasteiger partial charge in [0.05, 0.1) is 11.3 Å². The molecule has 0 fully saturated rings. The summed E-state index contributed by atoms with van der Waals surface area (Å²) >= 11 is 0. The second kappa shape index (κ2) is 6.10. The smallest absolute Gasteiger partial charge is 0.423 e. The molecule has 0 saturated heterocycles. The number of hydrogen-bond donors (Lipinski definition) is 0. The number of carbonyl (C=O) groups is 1. The van der Waals surface area contributed by atoms with E-state index in [0.717, 1.165) is 0 Å². The summed E-state index contributed by atoms with van der Waals surface area (Å²) in [6.45, 7) is 0.900. The van der Waals surface area contributed by atoms with E-state index in [1.165, 1.54) is 6.92 Å². The minimum atomic E-state index is -4.32. The summed E-state index contributed by atoms with van der Waals surface area (Å²) in [4.78, 5) is 12.1. The molecule has 0 unspecified atom stereocenters. The van der Waals surface area contributed by atoms with E-state index in [4.69, 9.17) is 0 Å². The fraction of sp³-hybridized carbons (Fsp3) is 0.188. The van der Waals surface area contributed by atoms with E-state index >= 15 is 0 Å². The summed E-state index contributed by atoms with van der Waals surface area (Å²) in [5.74, 6) is -16.0. The third kappa shape index (κ3) is 2.68. The van der Waals surface area contributed by atoms with Crippen molar-refractivity contribution in [2.24, 2.45) is 0 Å². The molecule has 0 N–H and O–H groups in total. The number of rotatable bonds is 2. The molecule has 27 heavy (non-hydrogen) atoms. The van der Waals surface area contributed by atoms with Crippen LogP contribution >= 0.6 is 0 Å². The maximum atomic E-state index is 14.3. The standard InChI is InChI=1S/C16H7F8NO2/c1-2-25-7-3-5(6(17)4-8(7)27-16(23,24)15(25)26)9-10(18)12(20)14(22)13(21)11(9)19/h3-4H,2H2,1H3. The molecule has 0 bridgehead atoms. The van der Waals surface area contributed by atoms with Crippen molar-refractivity contribution in [3.63, 3.8) is 0 Å². The number of alkyl halides is 2.